The predicted octanol–water partition coefficient (Wildman–Crippen LogP) is 2.21. The SMILES string of the molecule is CC1(CN2CCN(C3CC4CCC3C4)CC2)CCNC1.Cl. The molecular weight excluding hydrogens is 282 g/mol. The van der Waals surface area contributed by atoms with Crippen molar-refractivity contribution in [2.75, 3.05) is 45.8 Å². The molecule has 0 aromatic rings. The van der Waals surface area contributed by atoms with Crippen LogP contribution in [-0.2, 0) is 0 Å². The minimum Gasteiger partial charge on any atom is -0.316 e. The molecular formula is C17H32ClN3. The lowest BCUT2D eigenvalue weighted by atomic mass is 9.88. The predicted molar refractivity (Wildman–Crippen MR) is 90.1 cm³/mol. The van der Waals surface area contributed by atoms with Crippen molar-refractivity contribution in [3.63, 3.8) is 0 Å². The molecule has 2 bridgehead atoms. The topological polar surface area (TPSA) is 18.5 Å². The van der Waals surface area contributed by atoms with E-state index in [0.29, 0.717) is 5.41 Å². The minimum atomic E-state index is 0. The first-order valence-electron chi connectivity index (χ1n) is 8.89. The zero-order valence-electron chi connectivity index (χ0n) is 13.5. The summed E-state index contributed by atoms with van der Waals surface area (Å²) in [5.74, 6) is 2.15. The molecule has 0 spiro atoms. The monoisotopic (exact) mass is 313 g/mol. The van der Waals surface area contributed by atoms with Gasteiger partial charge in [0, 0.05) is 45.3 Å². The summed E-state index contributed by atoms with van der Waals surface area (Å²) in [6, 6.07) is 0.958. The van der Waals surface area contributed by atoms with Crippen LogP contribution in [0.2, 0.25) is 0 Å². The van der Waals surface area contributed by atoms with E-state index in [1.54, 1.807) is 6.42 Å². The number of fused-ring (bicyclic) bond motifs is 2. The van der Waals surface area contributed by atoms with Crippen LogP contribution in [0.3, 0.4) is 0 Å². The van der Waals surface area contributed by atoms with E-state index in [0.717, 1.165) is 17.9 Å². The van der Waals surface area contributed by atoms with E-state index in [4.69, 9.17) is 0 Å². The van der Waals surface area contributed by atoms with Gasteiger partial charge in [-0.2, -0.15) is 0 Å². The van der Waals surface area contributed by atoms with Gasteiger partial charge in [0.25, 0.3) is 0 Å². The molecule has 4 unspecified atom stereocenters. The summed E-state index contributed by atoms with van der Waals surface area (Å²) in [5.41, 5.74) is 0.536. The first-order valence-corrected chi connectivity index (χ1v) is 8.89. The van der Waals surface area contributed by atoms with Gasteiger partial charge >= 0.3 is 0 Å². The summed E-state index contributed by atoms with van der Waals surface area (Å²) in [4.78, 5) is 5.58. The first kappa shape index (κ1) is 16.0. The molecule has 122 valence electrons. The Balaban J connectivity index is 0.00000132. The van der Waals surface area contributed by atoms with Crippen LogP contribution in [-0.4, -0.2) is 61.7 Å². The molecule has 4 rings (SSSR count). The number of hydrogen-bond acceptors (Lipinski definition) is 3. The van der Waals surface area contributed by atoms with Gasteiger partial charge in [0.15, 0.2) is 0 Å². The fourth-order valence-corrected chi connectivity index (χ4v) is 5.45. The Morgan fingerprint density at radius 3 is 2.48 bits per heavy atom. The molecule has 2 aliphatic carbocycles. The van der Waals surface area contributed by atoms with Crippen LogP contribution in [0.5, 0.6) is 0 Å². The van der Waals surface area contributed by atoms with E-state index in [-0.39, 0.29) is 12.4 Å². The zero-order chi connectivity index (χ0) is 13.6. The molecule has 4 atom stereocenters. The van der Waals surface area contributed by atoms with Gasteiger partial charge < -0.3 is 10.2 Å². The number of piperazine rings is 1. The van der Waals surface area contributed by atoms with E-state index in [1.807, 2.05) is 0 Å². The van der Waals surface area contributed by atoms with Crippen LogP contribution in [0, 0.1) is 17.3 Å². The highest BCUT2D eigenvalue weighted by molar-refractivity contribution is 5.85. The van der Waals surface area contributed by atoms with Crippen molar-refractivity contribution in [3.8, 4) is 0 Å². The number of nitrogens with zero attached hydrogens (tertiary/aromatic N) is 2. The van der Waals surface area contributed by atoms with Crippen LogP contribution in [0.1, 0.15) is 39.0 Å². The van der Waals surface area contributed by atoms with Gasteiger partial charge in [-0.15, -0.1) is 12.4 Å². The molecule has 4 heteroatoms. The van der Waals surface area contributed by atoms with Crippen molar-refractivity contribution in [1.29, 1.82) is 0 Å². The molecule has 0 radical (unpaired) electrons. The molecule has 3 nitrogen and oxygen atoms in total. The van der Waals surface area contributed by atoms with Gasteiger partial charge in [-0.3, -0.25) is 4.90 Å². The molecule has 4 aliphatic rings. The van der Waals surface area contributed by atoms with Crippen LogP contribution in [0.4, 0.5) is 0 Å². The van der Waals surface area contributed by atoms with Crippen molar-refractivity contribution in [2.45, 2.75) is 45.1 Å². The Morgan fingerprint density at radius 2 is 1.90 bits per heavy atom. The largest absolute Gasteiger partial charge is 0.316 e. The lowest BCUT2D eigenvalue weighted by Crippen LogP contribution is -2.53. The minimum absolute atomic E-state index is 0. The lowest BCUT2D eigenvalue weighted by molar-refractivity contribution is 0.0536. The van der Waals surface area contributed by atoms with Crippen LogP contribution < -0.4 is 5.32 Å². The van der Waals surface area contributed by atoms with Crippen LogP contribution in [0.15, 0.2) is 0 Å². The maximum atomic E-state index is 3.54. The van der Waals surface area contributed by atoms with E-state index in [2.05, 4.69) is 22.0 Å². The Bertz CT molecular complexity index is 348. The van der Waals surface area contributed by atoms with Gasteiger partial charge in [0.2, 0.25) is 0 Å². The van der Waals surface area contributed by atoms with Crippen LogP contribution >= 0.6 is 12.4 Å². The standard InChI is InChI=1S/C17H31N3.ClH/c1-17(4-5-18-12-17)13-19-6-8-20(9-7-19)16-11-14-2-3-15(16)10-14;/h14-16,18H,2-13H2,1H3;1H. The van der Waals surface area contributed by atoms with E-state index >= 15 is 0 Å². The molecule has 0 amide bonds. The highest BCUT2D eigenvalue weighted by atomic mass is 35.5. The second-order valence-electron chi connectivity index (χ2n) is 8.29. The van der Waals surface area contributed by atoms with Gasteiger partial charge in [0.1, 0.15) is 0 Å². The highest BCUT2D eigenvalue weighted by Crippen LogP contribution is 2.46. The molecule has 2 aliphatic heterocycles. The molecule has 2 saturated carbocycles. The van der Waals surface area contributed by atoms with Gasteiger partial charge in [0.05, 0.1) is 0 Å². The fraction of sp³-hybridized carbons (Fsp3) is 1.00. The van der Waals surface area contributed by atoms with Crippen molar-refractivity contribution >= 4 is 12.4 Å². The summed E-state index contributed by atoms with van der Waals surface area (Å²) in [7, 11) is 0. The third-order valence-electron chi connectivity index (χ3n) is 6.64. The van der Waals surface area contributed by atoms with E-state index in [9.17, 15) is 0 Å². The Kier molecular flexibility index (Phi) is 4.85. The summed E-state index contributed by atoms with van der Waals surface area (Å²) in [5, 5.41) is 3.54. The second kappa shape index (κ2) is 6.35. The summed E-state index contributed by atoms with van der Waals surface area (Å²) < 4.78 is 0. The smallest absolute Gasteiger partial charge is 0.0127 e. The number of nitrogens with one attached hydrogen (secondary N) is 1. The molecule has 0 aromatic carbocycles. The molecule has 4 fully saturated rings. The Morgan fingerprint density at radius 1 is 1.10 bits per heavy atom. The molecule has 2 saturated heterocycles. The number of hydrogen-bond donors (Lipinski definition) is 1. The molecule has 1 N–H and O–H groups in total. The number of halogens is 1. The molecule has 2 heterocycles. The van der Waals surface area contributed by atoms with Gasteiger partial charge in [-0.1, -0.05) is 13.3 Å². The third-order valence-corrected chi connectivity index (χ3v) is 6.64. The van der Waals surface area contributed by atoms with Gasteiger partial charge in [-0.25, -0.2) is 0 Å². The van der Waals surface area contributed by atoms with E-state index in [1.165, 1.54) is 71.5 Å². The van der Waals surface area contributed by atoms with Crippen molar-refractivity contribution in [2.24, 2.45) is 17.3 Å². The summed E-state index contributed by atoms with van der Waals surface area (Å²) in [6.45, 7) is 11.5. The molecule has 21 heavy (non-hydrogen) atoms. The van der Waals surface area contributed by atoms with Crippen molar-refractivity contribution < 1.29 is 0 Å². The fourth-order valence-electron chi connectivity index (χ4n) is 5.45. The number of rotatable bonds is 3. The van der Waals surface area contributed by atoms with Crippen molar-refractivity contribution in [1.82, 2.24) is 15.1 Å². The highest BCUT2D eigenvalue weighted by Gasteiger charge is 2.43. The third kappa shape index (κ3) is 3.26. The average molecular weight is 314 g/mol. The van der Waals surface area contributed by atoms with Crippen molar-refractivity contribution in [3.05, 3.63) is 0 Å². The van der Waals surface area contributed by atoms with Crippen LogP contribution in [0.25, 0.3) is 0 Å². The maximum Gasteiger partial charge on any atom is 0.0127 e. The van der Waals surface area contributed by atoms with Gasteiger partial charge in [-0.05, 0) is 49.5 Å². The lowest BCUT2D eigenvalue weighted by Gasteiger charge is -2.43. The van der Waals surface area contributed by atoms with E-state index < -0.39 is 0 Å². The summed E-state index contributed by atoms with van der Waals surface area (Å²) >= 11 is 0. The Labute approximate surface area is 136 Å². The zero-order valence-corrected chi connectivity index (χ0v) is 14.3. The Hall–Kier alpha value is 0.170. The second-order valence-corrected chi connectivity index (χ2v) is 8.29. The first-order chi connectivity index (χ1) is 9.72. The summed E-state index contributed by atoms with van der Waals surface area (Å²) in [6.07, 6.45) is 7.49. The maximum absolute atomic E-state index is 3.54. The average Bonchev–Trinajstić information content (AvgIpc) is 3.16. The normalized spacial score (nSPS) is 44.1. The quantitative estimate of drug-likeness (QED) is 0.862. The molecule has 0 aromatic heterocycles.